The maximum atomic E-state index is 13.6. The van der Waals surface area contributed by atoms with Gasteiger partial charge in [-0.3, -0.25) is 4.79 Å². The number of esters is 7. The summed E-state index contributed by atoms with van der Waals surface area (Å²) in [5.41, 5.74) is -18.8. The highest BCUT2D eigenvalue weighted by Crippen LogP contribution is 2.71. The zero-order valence-electron chi connectivity index (χ0n) is 85.6. The predicted molar refractivity (Wildman–Crippen MR) is 490 cm³/mol. The van der Waals surface area contributed by atoms with Crippen LogP contribution in [0.2, 0.25) is 0 Å². The molecule has 144 heavy (non-hydrogen) atoms. The predicted octanol–water partition coefficient (Wildman–Crippen LogP) is 15.5. The van der Waals surface area contributed by atoms with Crippen LogP contribution in [0.1, 0.15) is 346 Å². The van der Waals surface area contributed by atoms with Crippen LogP contribution in [-0.2, 0) is 71.5 Å². The molecule has 0 heterocycles. The van der Waals surface area contributed by atoms with Crippen LogP contribution in [0.4, 0.5) is 52.7 Å². The van der Waals surface area contributed by atoms with Gasteiger partial charge in [0, 0.05) is 98.6 Å². The lowest BCUT2D eigenvalue weighted by atomic mass is 9.44. The highest BCUT2D eigenvalue weighted by atomic mass is 19.4. The molecule has 0 aromatic rings. The Kier molecular flexibility index (Phi) is 29.6. The number of hydrogen-bond acceptors (Lipinski definition) is 26. The van der Waals surface area contributed by atoms with Crippen molar-refractivity contribution < 1.29 is 180 Å². The largest absolute Gasteiger partial charge is 0.464 e. The standard InChI is InChI=1S/C16H23F3O4.C16H25FO3.C15H22F2O4.C15H22F2O3.2C15H23FO4.C14H20F2O4/c1-12(2,16(17,18)19)11(20)23-9-13-3-10-4-14(21,6-13)8-15(22,5-10)7-13;1-14(2,17)13(19)20-10-16-6-11-3-12(7-16)5-15(4-11,8-16)9-18;1-13(16,17)12(18)20-2-3-21-15-7-10-4-11(8-15)6-14(19,5-10)9-15;1-13(16,17)12(19)20-9-15-5-10-2-11(6-15)4-14(3-10,7-15)8-18;2*1-12(2,16)11(17)20-9-13-3-10-4-14(18,6-13)8-15(19,5-10)7-13;1-11(15,16)10(17)20-8-12-2-9-3-13(18,5-12)7-14(19,4-9)6-12/h10,21-22H,3-9H2,1-2H3;11-12,18H,3-10H2,1-2H3;10-11,19H,2-9H2,1H3;10-11,18H,2-9H2,1H3;2*10,18-19H,3-9H2,1-2H3;9,18-19H,2-8H2,1H3. The summed E-state index contributed by atoms with van der Waals surface area (Å²) in [6, 6.07) is 0. The molecular formula is C106H158F12O26. The van der Waals surface area contributed by atoms with Crippen molar-refractivity contribution in [3.05, 3.63) is 0 Å². The van der Waals surface area contributed by atoms with Crippen LogP contribution in [0.15, 0.2) is 0 Å². The van der Waals surface area contributed by atoms with E-state index in [4.69, 9.17) is 33.2 Å². The van der Waals surface area contributed by atoms with E-state index in [0.29, 0.717) is 178 Å². The van der Waals surface area contributed by atoms with Gasteiger partial charge in [0.05, 0.1) is 102 Å². The first-order valence-corrected chi connectivity index (χ1v) is 52.5. The van der Waals surface area contributed by atoms with Gasteiger partial charge in [-0.2, -0.15) is 39.5 Å². The maximum Gasteiger partial charge on any atom is 0.404 e. The summed E-state index contributed by atoms with van der Waals surface area (Å²) >= 11 is 0. The van der Waals surface area contributed by atoms with E-state index in [-0.39, 0.29) is 121 Å². The van der Waals surface area contributed by atoms with E-state index in [1.807, 2.05) is 0 Å². The molecule has 14 unspecified atom stereocenters. The molecule has 28 fully saturated rings. The van der Waals surface area contributed by atoms with Crippen molar-refractivity contribution in [3.63, 3.8) is 0 Å². The van der Waals surface area contributed by atoms with Crippen LogP contribution in [0.25, 0.3) is 0 Å². The number of rotatable bonds is 25. The van der Waals surface area contributed by atoms with Gasteiger partial charge in [-0.25, -0.2) is 41.9 Å². The number of hydrogen-bond donors (Lipinski definition) is 11. The van der Waals surface area contributed by atoms with E-state index in [1.54, 1.807) is 0 Å². The second-order valence-electron chi connectivity index (χ2n) is 55.1. The Morgan fingerprint density at radius 1 is 0.229 bits per heavy atom. The van der Waals surface area contributed by atoms with Gasteiger partial charge in [-0.1, -0.05) is 0 Å². The topological polar surface area (TPSA) is 416 Å². The average Bonchev–Trinajstić information content (AvgIpc) is 0.713. The van der Waals surface area contributed by atoms with E-state index in [0.717, 1.165) is 155 Å². The SMILES string of the molecule is CC(C)(C(=O)OCC12CC3CC(O)(CC(O)(C3)C1)C2)C(F)(F)F.CC(C)(F)C(=O)OCC12CC3CC(CC(CO)(C3)C1)C2.CC(C)(F)C(=O)OCC12CC3CC(O)(CC(O)(C3)C1)C2.CC(C)(F)C(=O)OCC12CC3CC(O)(CC(O)(C3)C1)C2.CC(F)(F)C(=O)OCC12CC3CC(CC(CO)(C3)C1)C2.CC(F)(F)C(=O)OCC12CC3CC(O)(CC(O)(C3)C1)C2.CC(F)(F)C(=O)OCCOC12CC3CC(CC(O)(C3)C1)C2. The first-order chi connectivity index (χ1) is 65.6. The van der Waals surface area contributed by atoms with Gasteiger partial charge in [0.15, 0.2) is 5.41 Å². The highest BCUT2D eigenvalue weighted by molar-refractivity contribution is 5.80. The Bertz CT molecular complexity index is 4350. The number of carbonyl (C=O) groups is 7. The number of aliphatic hydroxyl groups excluding tert-OH is 2. The van der Waals surface area contributed by atoms with Crippen LogP contribution in [0.5, 0.6) is 0 Å². The molecule has 26 nitrogen and oxygen atoms in total. The minimum atomic E-state index is -4.68. The number of carbonyl (C=O) groups excluding carboxylic acids is 7. The van der Waals surface area contributed by atoms with Crippen molar-refractivity contribution in [3.8, 4) is 0 Å². The first-order valence-electron chi connectivity index (χ1n) is 52.5. The summed E-state index contributed by atoms with van der Waals surface area (Å²) in [4.78, 5) is 80.2. The molecule has 28 aliphatic carbocycles. The molecular weight excluding hydrogens is 1920 g/mol. The normalized spacial score (nSPS) is 44.2. The lowest BCUT2D eigenvalue weighted by Gasteiger charge is -2.63. The van der Waals surface area contributed by atoms with Crippen LogP contribution in [-0.4, -0.2) is 261 Å². The number of aliphatic hydroxyl groups is 11. The van der Waals surface area contributed by atoms with Crippen LogP contribution in [0, 0.1) is 108 Å². The molecule has 28 bridgehead atoms. The molecule has 0 aliphatic heterocycles. The second-order valence-corrected chi connectivity index (χ2v) is 55.1. The fraction of sp³-hybridized carbons (Fsp3) is 0.934. The summed E-state index contributed by atoms with van der Waals surface area (Å²) in [6.45, 7) is 11.0. The Balaban J connectivity index is 0.000000126. The quantitative estimate of drug-likeness (QED) is 0.0175. The third-order valence-corrected chi connectivity index (χ3v) is 37.3. The number of halogens is 12. The van der Waals surface area contributed by atoms with E-state index in [9.17, 15) is 142 Å². The van der Waals surface area contributed by atoms with Gasteiger partial charge in [-0.05, 0) is 363 Å². The molecule has 0 amide bonds. The molecule has 28 aliphatic rings. The second kappa shape index (κ2) is 37.7. The molecule has 14 atom stereocenters. The summed E-state index contributed by atoms with van der Waals surface area (Å²) in [5.74, 6) is -14.4. The lowest BCUT2D eigenvalue weighted by Crippen LogP contribution is -2.64. The third kappa shape index (κ3) is 25.0. The fourth-order valence-corrected chi connectivity index (χ4v) is 36.0. The van der Waals surface area contributed by atoms with E-state index in [2.05, 4.69) is 4.74 Å². The minimum absolute atomic E-state index is 0.00623. The molecule has 11 N–H and O–H groups in total. The molecule has 822 valence electrons. The lowest BCUT2D eigenvalue weighted by molar-refractivity contribution is -0.249. The smallest absolute Gasteiger partial charge is 0.404 e. The third-order valence-electron chi connectivity index (χ3n) is 37.3. The van der Waals surface area contributed by atoms with Gasteiger partial charge in [0.25, 0.3) is 0 Å². The molecule has 38 heteroatoms. The Hall–Kier alpha value is -5.03. The zero-order valence-corrected chi connectivity index (χ0v) is 85.6. The van der Waals surface area contributed by atoms with Gasteiger partial charge in [0.2, 0.25) is 17.0 Å². The number of ether oxygens (including phenoxy) is 8. The van der Waals surface area contributed by atoms with E-state index in [1.165, 1.54) is 54.4 Å². The summed E-state index contributed by atoms with van der Waals surface area (Å²) < 4.78 is 197. The van der Waals surface area contributed by atoms with Crippen molar-refractivity contribution in [2.45, 2.75) is 443 Å². The minimum Gasteiger partial charge on any atom is -0.464 e. The van der Waals surface area contributed by atoms with E-state index >= 15 is 0 Å². The highest BCUT2D eigenvalue weighted by Gasteiger charge is 2.70. The molecule has 0 saturated heterocycles. The van der Waals surface area contributed by atoms with Crippen LogP contribution < -0.4 is 0 Å². The van der Waals surface area contributed by atoms with E-state index < -0.39 is 149 Å². The fourth-order valence-electron chi connectivity index (χ4n) is 36.0. The van der Waals surface area contributed by atoms with Gasteiger partial charge >= 0.3 is 65.7 Å². The van der Waals surface area contributed by atoms with Crippen LogP contribution in [0.3, 0.4) is 0 Å². The zero-order chi connectivity index (χ0) is 106. The summed E-state index contributed by atoms with van der Waals surface area (Å²) in [6.07, 6.45) is 26.9. The first kappa shape index (κ1) is 113. The van der Waals surface area contributed by atoms with Gasteiger partial charge in [0.1, 0.15) is 6.61 Å². The molecule has 0 spiro atoms. The molecule has 0 radical (unpaired) electrons. The van der Waals surface area contributed by atoms with Crippen molar-refractivity contribution >= 4 is 41.8 Å². The van der Waals surface area contributed by atoms with Crippen LogP contribution >= 0.6 is 0 Å². The Labute approximate surface area is 835 Å². The summed E-state index contributed by atoms with van der Waals surface area (Å²) in [5, 5.41) is 115. The Morgan fingerprint density at radius 3 is 0.660 bits per heavy atom. The molecule has 0 aromatic heterocycles. The summed E-state index contributed by atoms with van der Waals surface area (Å²) in [7, 11) is 0. The van der Waals surface area contributed by atoms with Crippen molar-refractivity contribution in [2.24, 2.45) is 108 Å². The van der Waals surface area contributed by atoms with Crippen molar-refractivity contribution in [1.29, 1.82) is 0 Å². The molecule has 0 aromatic carbocycles. The van der Waals surface area contributed by atoms with Gasteiger partial charge < -0.3 is 94.1 Å². The molecule has 28 saturated carbocycles. The van der Waals surface area contributed by atoms with Crippen molar-refractivity contribution in [2.75, 3.05) is 66.1 Å². The number of alkyl halides is 12. The maximum absolute atomic E-state index is 13.6. The molecule has 28 rings (SSSR count). The van der Waals surface area contributed by atoms with Gasteiger partial charge in [-0.15, -0.1) is 0 Å². The Morgan fingerprint density at radius 2 is 0.438 bits per heavy atom. The monoisotopic (exact) mass is 2080 g/mol. The van der Waals surface area contributed by atoms with Crippen molar-refractivity contribution in [1.82, 2.24) is 0 Å². The average molecular weight is 2080 g/mol.